The van der Waals surface area contributed by atoms with Crippen molar-refractivity contribution in [3.63, 3.8) is 0 Å². The van der Waals surface area contributed by atoms with E-state index < -0.39 is 0 Å². The van der Waals surface area contributed by atoms with Crippen molar-refractivity contribution in [1.82, 2.24) is 5.32 Å². The molecular formula is C14H20N2O. The van der Waals surface area contributed by atoms with E-state index in [4.69, 9.17) is 0 Å². The summed E-state index contributed by atoms with van der Waals surface area (Å²) in [6, 6.07) is 9.50. The van der Waals surface area contributed by atoms with Crippen LogP contribution in [-0.4, -0.2) is 18.0 Å². The molecular weight excluding hydrogens is 212 g/mol. The van der Waals surface area contributed by atoms with Gasteiger partial charge in [0.05, 0.1) is 6.04 Å². The van der Waals surface area contributed by atoms with Gasteiger partial charge in [-0.05, 0) is 32.4 Å². The predicted molar refractivity (Wildman–Crippen MR) is 71.9 cm³/mol. The maximum atomic E-state index is 11.9. The fraction of sp³-hybridized carbons (Fsp3) is 0.357. The van der Waals surface area contributed by atoms with Gasteiger partial charge in [-0.1, -0.05) is 24.3 Å². The van der Waals surface area contributed by atoms with Crippen LogP contribution in [0.1, 0.15) is 20.3 Å². The van der Waals surface area contributed by atoms with Crippen molar-refractivity contribution in [2.45, 2.75) is 32.4 Å². The summed E-state index contributed by atoms with van der Waals surface area (Å²) in [5, 5.41) is 6.08. The summed E-state index contributed by atoms with van der Waals surface area (Å²) in [7, 11) is 0. The van der Waals surface area contributed by atoms with Gasteiger partial charge in [-0.25, -0.2) is 0 Å². The highest BCUT2D eigenvalue weighted by atomic mass is 16.2. The molecule has 2 N–H and O–H groups in total. The fourth-order valence-electron chi connectivity index (χ4n) is 1.59. The average Bonchev–Trinajstić information content (AvgIpc) is 2.30. The van der Waals surface area contributed by atoms with Gasteiger partial charge in [0, 0.05) is 11.7 Å². The largest absolute Gasteiger partial charge is 0.325 e. The third-order valence-corrected chi connectivity index (χ3v) is 2.49. The summed E-state index contributed by atoms with van der Waals surface area (Å²) in [5.74, 6) is -0.0212. The minimum atomic E-state index is -0.217. The summed E-state index contributed by atoms with van der Waals surface area (Å²) in [6.07, 6.45) is 2.70. The van der Waals surface area contributed by atoms with Gasteiger partial charge >= 0.3 is 0 Å². The van der Waals surface area contributed by atoms with E-state index in [1.54, 1.807) is 0 Å². The lowest BCUT2D eigenvalue weighted by Gasteiger charge is -2.18. The van der Waals surface area contributed by atoms with Crippen LogP contribution in [0.3, 0.4) is 0 Å². The van der Waals surface area contributed by atoms with Gasteiger partial charge in [-0.2, -0.15) is 0 Å². The molecule has 0 saturated carbocycles. The molecule has 2 unspecified atom stereocenters. The Morgan fingerprint density at radius 3 is 2.59 bits per heavy atom. The molecule has 92 valence electrons. The van der Waals surface area contributed by atoms with E-state index in [9.17, 15) is 4.79 Å². The van der Waals surface area contributed by atoms with E-state index >= 15 is 0 Å². The maximum Gasteiger partial charge on any atom is 0.241 e. The first-order chi connectivity index (χ1) is 8.13. The molecule has 0 bridgehead atoms. The topological polar surface area (TPSA) is 41.1 Å². The molecule has 0 fully saturated rings. The number of carbonyl (C=O) groups excluding carboxylic acids is 1. The zero-order valence-electron chi connectivity index (χ0n) is 10.4. The van der Waals surface area contributed by atoms with Crippen molar-refractivity contribution in [3.05, 3.63) is 43.0 Å². The van der Waals surface area contributed by atoms with Crippen molar-refractivity contribution in [1.29, 1.82) is 0 Å². The molecule has 1 aromatic rings. The van der Waals surface area contributed by atoms with Crippen molar-refractivity contribution >= 4 is 11.6 Å². The molecule has 1 rings (SSSR count). The van der Waals surface area contributed by atoms with Gasteiger partial charge in [0.2, 0.25) is 5.91 Å². The van der Waals surface area contributed by atoms with Crippen molar-refractivity contribution < 1.29 is 4.79 Å². The number of benzene rings is 1. The molecule has 0 heterocycles. The molecule has 1 amide bonds. The van der Waals surface area contributed by atoms with Gasteiger partial charge in [-0.15, -0.1) is 6.58 Å². The summed E-state index contributed by atoms with van der Waals surface area (Å²) in [4.78, 5) is 11.9. The summed E-state index contributed by atoms with van der Waals surface area (Å²) < 4.78 is 0. The standard InChI is InChI=1S/C14H20N2O/c1-4-8-11(2)15-12(3)14(17)16-13-9-6-5-7-10-13/h4-7,9-12,15H,1,8H2,2-3H3,(H,16,17). The monoisotopic (exact) mass is 232 g/mol. The molecule has 0 aliphatic rings. The van der Waals surface area contributed by atoms with Crippen LogP contribution in [0.25, 0.3) is 0 Å². The number of hydrogen-bond acceptors (Lipinski definition) is 2. The van der Waals surface area contributed by atoms with E-state index in [2.05, 4.69) is 17.2 Å². The highest BCUT2D eigenvalue weighted by Crippen LogP contribution is 2.05. The first-order valence-corrected chi connectivity index (χ1v) is 5.86. The minimum absolute atomic E-state index is 0.0212. The number of rotatable bonds is 6. The molecule has 3 heteroatoms. The molecule has 2 atom stereocenters. The first-order valence-electron chi connectivity index (χ1n) is 5.86. The molecule has 0 spiro atoms. The lowest BCUT2D eigenvalue weighted by molar-refractivity contribution is -0.117. The Morgan fingerprint density at radius 1 is 1.35 bits per heavy atom. The van der Waals surface area contributed by atoms with Gasteiger partial charge in [-0.3, -0.25) is 4.79 Å². The van der Waals surface area contributed by atoms with Crippen LogP contribution < -0.4 is 10.6 Å². The number of para-hydroxylation sites is 1. The molecule has 0 radical (unpaired) electrons. The fourth-order valence-corrected chi connectivity index (χ4v) is 1.59. The first kappa shape index (κ1) is 13.5. The van der Waals surface area contributed by atoms with Crippen LogP contribution in [0.15, 0.2) is 43.0 Å². The molecule has 0 aromatic heterocycles. The van der Waals surface area contributed by atoms with Crippen LogP contribution >= 0.6 is 0 Å². The van der Waals surface area contributed by atoms with E-state index in [0.29, 0.717) is 0 Å². The number of carbonyl (C=O) groups is 1. The second-order valence-electron chi connectivity index (χ2n) is 4.17. The number of nitrogens with one attached hydrogen (secondary N) is 2. The third-order valence-electron chi connectivity index (χ3n) is 2.49. The average molecular weight is 232 g/mol. The van der Waals surface area contributed by atoms with Crippen molar-refractivity contribution in [3.8, 4) is 0 Å². The molecule has 3 nitrogen and oxygen atoms in total. The van der Waals surface area contributed by atoms with Crippen LogP contribution in [-0.2, 0) is 4.79 Å². The Morgan fingerprint density at radius 2 is 2.00 bits per heavy atom. The van der Waals surface area contributed by atoms with Crippen molar-refractivity contribution in [2.75, 3.05) is 5.32 Å². The van der Waals surface area contributed by atoms with E-state index in [1.807, 2.05) is 50.3 Å². The molecule has 0 saturated heterocycles. The number of amides is 1. The van der Waals surface area contributed by atoms with Crippen LogP contribution in [0.5, 0.6) is 0 Å². The van der Waals surface area contributed by atoms with Gasteiger partial charge < -0.3 is 10.6 Å². The Kier molecular flexibility index (Phi) is 5.43. The molecule has 0 aliphatic heterocycles. The Labute approximate surface area is 103 Å². The van der Waals surface area contributed by atoms with Gasteiger partial charge in [0.25, 0.3) is 0 Å². The summed E-state index contributed by atoms with van der Waals surface area (Å²) in [5.41, 5.74) is 0.822. The zero-order valence-corrected chi connectivity index (χ0v) is 10.4. The number of anilines is 1. The Hall–Kier alpha value is -1.61. The number of hydrogen-bond donors (Lipinski definition) is 2. The summed E-state index contributed by atoms with van der Waals surface area (Å²) >= 11 is 0. The Balaban J connectivity index is 2.44. The summed E-state index contributed by atoms with van der Waals surface area (Å²) in [6.45, 7) is 7.57. The van der Waals surface area contributed by atoms with E-state index in [0.717, 1.165) is 12.1 Å². The highest BCUT2D eigenvalue weighted by molar-refractivity contribution is 5.94. The smallest absolute Gasteiger partial charge is 0.241 e. The SMILES string of the molecule is C=CCC(C)NC(C)C(=O)Nc1ccccc1. The second-order valence-corrected chi connectivity index (χ2v) is 4.17. The van der Waals surface area contributed by atoms with Crippen LogP contribution in [0.4, 0.5) is 5.69 Å². The van der Waals surface area contributed by atoms with Gasteiger partial charge in [0.15, 0.2) is 0 Å². The zero-order chi connectivity index (χ0) is 12.7. The quantitative estimate of drug-likeness (QED) is 0.740. The lowest BCUT2D eigenvalue weighted by Crippen LogP contribution is -2.42. The minimum Gasteiger partial charge on any atom is -0.325 e. The van der Waals surface area contributed by atoms with E-state index in [-0.39, 0.29) is 18.0 Å². The van der Waals surface area contributed by atoms with Gasteiger partial charge in [0.1, 0.15) is 0 Å². The Bertz CT molecular complexity index is 362. The normalized spacial score (nSPS) is 13.8. The second kappa shape index (κ2) is 6.86. The molecule has 1 aromatic carbocycles. The van der Waals surface area contributed by atoms with Crippen LogP contribution in [0.2, 0.25) is 0 Å². The molecule has 0 aliphatic carbocycles. The maximum absolute atomic E-state index is 11.9. The van der Waals surface area contributed by atoms with Crippen molar-refractivity contribution in [2.24, 2.45) is 0 Å². The predicted octanol–water partition coefficient (Wildman–Crippen LogP) is 2.57. The van der Waals surface area contributed by atoms with Crippen LogP contribution in [0, 0.1) is 0 Å². The third kappa shape index (κ3) is 4.83. The lowest BCUT2D eigenvalue weighted by atomic mass is 10.2. The molecule has 17 heavy (non-hydrogen) atoms. The van der Waals surface area contributed by atoms with E-state index in [1.165, 1.54) is 0 Å². The highest BCUT2D eigenvalue weighted by Gasteiger charge is 2.14.